The predicted octanol–water partition coefficient (Wildman–Crippen LogP) is -4.17. The molecule has 38 valence electrons. The van der Waals surface area contributed by atoms with Crippen LogP contribution in [-0.4, -0.2) is 21.1 Å². The maximum Gasteiger partial charge on any atom is 1.00 e. The van der Waals surface area contributed by atoms with Crippen molar-refractivity contribution in [2.24, 2.45) is 5.73 Å². The van der Waals surface area contributed by atoms with Crippen LogP contribution in [0.4, 0.5) is 0 Å². The Morgan fingerprint density at radius 1 is 1.71 bits per heavy atom. The van der Waals surface area contributed by atoms with Crippen LogP contribution >= 0.6 is 0 Å². The van der Waals surface area contributed by atoms with E-state index in [2.05, 4.69) is 0 Å². The van der Waals surface area contributed by atoms with Crippen molar-refractivity contribution < 1.29 is 60.1 Å². The van der Waals surface area contributed by atoms with Gasteiger partial charge in [-0.25, -0.2) is 0 Å². The van der Waals surface area contributed by atoms with Gasteiger partial charge >= 0.3 is 51.4 Å². The standard InChI is InChI=1S/C2H7NO2S.K/c3-1-2-6(4)5;/h1-3H2,(H,4,5);/q;+1/p-1. The second-order valence-electron chi connectivity index (χ2n) is 0.797. The molecule has 1 unspecified atom stereocenters. The van der Waals surface area contributed by atoms with Gasteiger partial charge in [-0.05, 0) is 0 Å². The molecule has 0 bridgehead atoms. The zero-order valence-corrected chi connectivity index (χ0v) is 8.16. The summed E-state index contributed by atoms with van der Waals surface area (Å²) >= 11 is -1.94. The molecule has 0 spiro atoms. The van der Waals surface area contributed by atoms with E-state index in [9.17, 15) is 8.76 Å². The predicted molar refractivity (Wildman–Crippen MR) is 22.8 cm³/mol. The summed E-state index contributed by atoms with van der Waals surface area (Å²) in [4.78, 5) is 0. The van der Waals surface area contributed by atoms with E-state index in [0.717, 1.165) is 0 Å². The van der Waals surface area contributed by atoms with Gasteiger partial charge in [-0.2, -0.15) is 0 Å². The van der Waals surface area contributed by atoms with Gasteiger partial charge < -0.3 is 10.3 Å². The molecule has 0 aromatic carbocycles. The fourth-order valence-electron chi connectivity index (χ4n) is 0.0962. The van der Waals surface area contributed by atoms with Gasteiger partial charge in [0, 0.05) is 12.3 Å². The zero-order valence-electron chi connectivity index (χ0n) is 4.22. The quantitative estimate of drug-likeness (QED) is 0.318. The minimum Gasteiger partial charge on any atom is -0.772 e. The van der Waals surface area contributed by atoms with Gasteiger partial charge in [-0.15, -0.1) is 0 Å². The molecule has 0 aromatic rings. The summed E-state index contributed by atoms with van der Waals surface area (Å²) in [6.07, 6.45) is 0. The van der Waals surface area contributed by atoms with Gasteiger partial charge in [-0.3, -0.25) is 4.21 Å². The zero-order chi connectivity index (χ0) is 4.99. The topological polar surface area (TPSA) is 66.2 Å². The molecule has 0 rings (SSSR count). The van der Waals surface area contributed by atoms with Gasteiger partial charge in [0.05, 0.1) is 0 Å². The van der Waals surface area contributed by atoms with Crippen molar-refractivity contribution in [2.45, 2.75) is 0 Å². The molecule has 0 aliphatic carbocycles. The Balaban J connectivity index is 0. The second-order valence-corrected chi connectivity index (χ2v) is 1.81. The van der Waals surface area contributed by atoms with Gasteiger partial charge in [0.15, 0.2) is 0 Å². The van der Waals surface area contributed by atoms with E-state index in [-0.39, 0.29) is 63.7 Å². The summed E-state index contributed by atoms with van der Waals surface area (Å²) in [5.74, 6) is 0.0694. The van der Waals surface area contributed by atoms with E-state index in [1.807, 2.05) is 0 Å². The summed E-state index contributed by atoms with van der Waals surface area (Å²) < 4.78 is 19.0. The third kappa shape index (κ3) is 11.3. The maximum absolute atomic E-state index is 9.52. The van der Waals surface area contributed by atoms with Crippen LogP contribution in [0.25, 0.3) is 0 Å². The summed E-state index contributed by atoms with van der Waals surface area (Å²) in [6, 6.07) is 0. The molecule has 0 amide bonds. The van der Waals surface area contributed by atoms with Crippen molar-refractivity contribution in [2.75, 3.05) is 12.3 Å². The molecule has 0 radical (unpaired) electrons. The number of nitrogens with two attached hydrogens (primary N) is 1. The van der Waals surface area contributed by atoms with E-state index < -0.39 is 11.1 Å². The maximum atomic E-state index is 9.52. The molecular formula is C2H6KNO2S. The Labute approximate surface area is 87.7 Å². The molecule has 7 heavy (non-hydrogen) atoms. The van der Waals surface area contributed by atoms with Crippen LogP contribution in [0.3, 0.4) is 0 Å². The monoisotopic (exact) mass is 147 g/mol. The van der Waals surface area contributed by atoms with Crippen LogP contribution in [0.1, 0.15) is 0 Å². The van der Waals surface area contributed by atoms with Gasteiger partial charge in [-0.1, -0.05) is 11.1 Å². The molecule has 0 heterocycles. The van der Waals surface area contributed by atoms with Gasteiger partial charge in [0.25, 0.3) is 0 Å². The Bertz CT molecular complexity index is 59.7. The molecular weight excluding hydrogens is 141 g/mol. The first-order valence-electron chi connectivity index (χ1n) is 1.53. The normalized spacial score (nSPS) is 12.3. The van der Waals surface area contributed by atoms with E-state index >= 15 is 0 Å². The molecule has 0 fully saturated rings. The van der Waals surface area contributed by atoms with E-state index in [4.69, 9.17) is 5.73 Å². The molecule has 3 nitrogen and oxygen atoms in total. The van der Waals surface area contributed by atoms with Gasteiger partial charge in [0.1, 0.15) is 0 Å². The Morgan fingerprint density at radius 3 is 2.14 bits per heavy atom. The van der Waals surface area contributed by atoms with Crippen molar-refractivity contribution in [1.82, 2.24) is 0 Å². The SMILES string of the molecule is NCCS(=O)[O-].[K+]. The molecule has 1 atom stereocenters. The summed E-state index contributed by atoms with van der Waals surface area (Å²) in [5.41, 5.74) is 4.84. The first-order valence-corrected chi connectivity index (χ1v) is 2.77. The summed E-state index contributed by atoms with van der Waals surface area (Å²) in [5, 5.41) is 0. The average Bonchev–Trinajstić information content (AvgIpc) is 1.35. The van der Waals surface area contributed by atoms with Crippen LogP contribution in [0.5, 0.6) is 0 Å². The van der Waals surface area contributed by atoms with Crippen molar-refractivity contribution in [3.8, 4) is 0 Å². The van der Waals surface area contributed by atoms with Crippen LogP contribution in [0.15, 0.2) is 0 Å². The number of hydrogen-bond acceptors (Lipinski definition) is 3. The third-order valence-electron chi connectivity index (χ3n) is 0.285. The smallest absolute Gasteiger partial charge is 0.772 e. The Morgan fingerprint density at radius 2 is 2.14 bits per heavy atom. The molecule has 2 N–H and O–H groups in total. The second kappa shape index (κ2) is 7.71. The van der Waals surface area contributed by atoms with Crippen molar-refractivity contribution in [3.63, 3.8) is 0 Å². The third-order valence-corrected chi connectivity index (χ3v) is 0.854. The average molecular weight is 147 g/mol. The molecule has 0 aliphatic heterocycles. The van der Waals surface area contributed by atoms with E-state index in [1.165, 1.54) is 0 Å². The van der Waals surface area contributed by atoms with Crippen LogP contribution in [0.2, 0.25) is 0 Å². The molecule has 0 saturated carbocycles. The first-order chi connectivity index (χ1) is 2.77. The van der Waals surface area contributed by atoms with E-state index in [0.29, 0.717) is 0 Å². The summed E-state index contributed by atoms with van der Waals surface area (Å²) in [7, 11) is 0. The van der Waals surface area contributed by atoms with E-state index in [1.54, 1.807) is 0 Å². The molecule has 0 saturated heterocycles. The molecule has 0 aromatic heterocycles. The minimum absolute atomic E-state index is 0. The summed E-state index contributed by atoms with van der Waals surface area (Å²) in [6.45, 7) is 0.218. The Hall–Kier alpha value is 1.71. The van der Waals surface area contributed by atoms with Crippen LogP contribution in [0, 0.1) is 0 Å². The fraction of sp³-hybridized carbons (Fsp3) is 1.00. The number of hydrogen-bond donors (Lipinski definition) is 1. The molecule has 5 heteroatoms. The first kappa shape index (κ1) is 11.5. The van der Waals surface area contributed by atoms with Gasteiger partial charge in [0.2, 0.25) is 0 Å². The molecule has 0 aliphatic rings. The van der Waals surface area contributed by atoms with Crippen LogP contribution in [-0.2, 0) is 11.1 Å². The van der Waals surface area contributed by atoms with Crippen molar-refractivity contribution >= 4 is 11.1 Å². The largest absolute Gasteiger partial charge is 1.00 e. The minimum atomic E-state index is -1.94. The fourth-order valence-corrected chi connectivity index (χ4v) is 0.289. The Kier molecular flexibility index (Phi) is 12.7. The van der Waals surface area contributed by atoms with Crippen LogP contribution < -0.4 is 57.1 Å². The number of rotatable bonds is 2. The van der Waals surface area contributed by atoms with Crippen molar-refractivity contribution in [3.05, 3.63) is 0 Å². The van der Waals surface area contributed by atoms with Crippen molar-refractivity contribution in [1.29, 1.82) is 0 Å².